The Morgan fingerprint density at radius 3 is 2.72 bits per heavy atom. The van der Waals surface area contributed by atoms with Crippen molar-refractivity contribution in [2.45, 2.75) is 40.2 Å². The fraction of sp³-hybridized carbons (Fsp3) is 0.692. The second-order valence-corrected chi connectivity index (χ2v) is 5.64. The van der Waals surface area contributed by atoms with Gasteiger partial charge in [-0.2, -0.15) is 0 Å². The Kier molecular flexibility index (Phi) is 5.34. The van der Waals surface area contributed by atoms with Crippen LogP contribution in [-0.2, 0) is 11.3 Å². The molecule has 18 heavy (non-hydrogen) atoms. The number of nitrogens with one attached hydrogen (secondary N) is 1. The minimum atomic E-state index is -0.0258. The summed E-state index contributed by atoms with van der Waals surface area (Å²) in [5, 5.41) is 9.02. The third-order valence-electron chi connectivity index (χ3n) is 2.71. The third-order valence-corrected chi connectivity index (χ3v) is 2.71. The summed E-state index contributed by atoms with van der Waals surface area (Å²) >= 11 is 0. The van der Waals surface area contributed by atoms with Crippen LogP contribution >= 0.6 is 0 Å². The number of aromatic nitrogens is 2. The van der Waals surface area contributed by atoms with Gasteiger partial charge in [0.05, 0.1) is 13.2 Å². The average Bonchev–Trinajstić information content (AvgIpc) is 2.77. The van der Waals surface area contributed by atoms with Crippen molar-refractivity contribution in [2.75, 3.05) is 13.2 Å². The van der Waals surface area contributed by atoms with E-state index in [0.717, 1.165) is 12.2 Å². The molecule has 1 aromatic heterocycles. The van der Waals surface area contributed by atoms with E-state index in [1.165, 1.54) is 0 Å². The lowest BCUT2D eigenvalue weighted by Gasteiger charge is -2.23. The van der Waals surface area contributed by atoms with Crippen molar-refractivity contribution in [1.29, 1.82) is 0 Å². The highest BCUT2D eigenvalue weighted by molar-refractivity contribution is 5.76. The number of hydrogen-bond donors (Lipinski definition) is 2. The molecular weight excluding hydrogens is 230 g/mol. The lowest BCUT2D eigenvalue weighted by Crippen LogP contribution is -2.33. The summed E-state index contributed by atoms with van der Waals surface area (Å²) in [6.07, 6.45) is 4.73. The van der Waals surface area contributed by atoms with Crippen LogP contribution in [0.3, 0.4) is 0 Å². The molecule has 1 heterocycles. The van der Waals surface area contributed by atoms with Gasteiger partial charge in [0.15, 0.2) is 0 Å². The molecule has 0 aliphatic carbocycles. The van der Waals surface area contributed by atoms with E-state index in [9.17, 15) is 4.79 Å². The fourth-order valence-electron chi connectivity index (χ4n) is 1.62. The number of nitrogens with zero attached hydrogens (tertiary/aromatic N) is 2. The molecule has 0 spiro atoms. The second-order valence-electron chi connectivity index (χ2n) is 5.64. The van der Waals surface area contributed by atoms with Gasteiger partial charge in [-0.25, -0.2) is 4.98 Å². The number of rotatable bonds is 6. The van der Waals surface area contributed by atoms with E-state index < -0.39 is 0 Å². The van der Waals surface area contributed by atoms with E-state index >= 15 is 0 Å². The maximum absolute atomic E-state index is 12.1. The number of carbonyl (C=O) groups is 1. The van der Waals surface area contributed by atoms with Crippen LogP contribution < -0.4 is 0 Å². The lowest BCUT2D eigenvalue weighted by molar-refractivity contribution is -0.133. The molecule has 102 valence electrons. The minimum Gasteiger partial charge on any atom is -0.395 e. The van der Waals surface area contributed by atoms with Crippen LogP contribution in [-0.4, -0.2) is 39.0 Å². The summed E-state index contributed by atoms with van der Waals surface area (Å²) in [6.45, 7) is 7.09. The second kappa shape index (κ2) is 6.54. The van der Waals surface area contributed by atoms with E-state index in [2.05, 4.69) is 30.7 Å². The number of imidazole rings is 1. The van der Waals surface area contributed by atoms with E-state index in [-0.39, 0.29) is 17.9 Å². The van der Waals surface area contributed by atoms with Gasteiger partial charge in [-0.15, -0.1) is 0 Å². The maximum atomic E-state index is 12.1. The highest BCUT2D eigenvalue weighted by Gasteiger charge is 2.18. The first-order valence-corrected chi connectivity index (χ1v) is 6.29. The van der Waals surface area contributed by atoms with Crippen LogP contribution in [0.25, 0.3) is 0 Å². The van der Waals surface area contributed by atoms with Gasteiger partial charge in [-0.3, -0.25) is 4.79 Å². The molecular formula is C13H23N3O2. The van der Waals surface area contributed by atoms with Gasteiger partial charge in [-0.1, -0.05) is 20.8 Å². The molecule has 1 rings (SSSR count). The van der Waals surface area contributed by atoms with Crippen molar-refractivity contribution in [3.63, 3.8) is 0 Å². The topological polar surface area (TPSA) is 69.2 Å². The molecule has 0 aromatic carbocycles. The highest BCUT2D eigenvalue weighted by Crippen LogP contribution is 2.21. The summed E-state index contributed by atoms with van der Waals surface area (Å²) in [5.74, 6) is 0.808. The zero-order valence-corrected chi connectivity index (χ0v) is 11.4. The molecule has 0 fully saturated rings. The van der Waals surface area contributed by atoms with E-state index in [1.54, 1.807) is 17.3 Å². The Bertz CT molecular complexity index is 355. The molecule has 0 aliphatic heterocycles. The Labute approximate surface area is 108 Å². The number of aliphatic hydroxyl groups is 1. The molecule has 0 saturated heterocycles. The summed E-state index contributed by atoms with van der Waals surface area (Å²) in [6, 6.07) is 0. The van der Waals surface area contributed by atoms with E-state index in [1.807, 2.05) is 0 Å². The van der Waals surface area contributed by atoms with Crippen LogP contribution in [0.4, 0.5) is 0 Å². The van der Waals surface area contributed by atoms with E-state index in [0.29, 0.717) is 19.5 Å². The zero-order valence-electron chi connectivity index (χ0n) is 11.4. The molecule has 0 aliphatic rings. The van der Waals surface area contributed by atoms with Crippen LogP contribution in [0.2, 0.25) is 0 Å². The molecule has 2 N–H and O–H groups in total. The Balaban J connectivity index is 2.52. The van der Waals surface area contributed by atoms with Crippen molar-refractivity contribution in [2.24, 2.45) is 5.41 Å². The first-order valence-electron chi connectivity index (χ1n) is 6.29. The maximum Gasteiger partial charge on any atom is 0.223 e. The van der Waals surface area contributed by atoms with Crippen LogP contribution in [0.5, 0.6) is 0 Å². The first-order chi connectivity index (χ1) is 8.42. The fourth-order valence-corrected chi connectivity index (χ4v) is 1.62. The number of carbonyl (C=O) groups excluding carboxylic acids is 1. The van der Waals surface area contributed by atoms with Crippen molar-refractivity contribution >= 4 is 5.91 Å². The highest BCUT2D eigenvalue weighted by atomic mass is 16.3. The molecule has 0 atom stereocenters. The van der Waals surface area contributed by atoms with Gasteiger partial charge < -0.3 is 15.0 Å². The van der Waals surface area contributed by atoms with Gasteiger partial charge in [0.1, 0.15) is 5.82 Å². The molecule has 1 aromatic rings. The molecule has 0 saturated carbocycles. The lowest BCUT2D eigenvalue weighted by atomic mass is 9.90. The number of H-pyrrole nitrogens is 1. The monoisotopic (exact) mass is 253 g/mol. The predicted octanol–water partition coefficient (Wildman–Crippen LogP) is 1.56. The number of amides is 1. The van der Waals surface area contributed by atoms with Crippen molar-refractivity contribution < 1.29 is 9.90 Å². The summed E-state index contributed by atoms with van der Waals surface area (Å²) in [4.78, 5) is 20.8. The minimum absolute atomic E-state index is 0.0258. The summed E-state index contributed by atoms with van der Waals surface area (Å²) < 4.78 is 0. The molecule has 0 radical (unpaired) electrons. The largest absolute Gasteiger partial charge is 0.395 e. The van der Waals surface area contributed by atoms with Crippen molar-refractivity contribution in [3.05, 3.63) is 18.2 Å². The Morgan fingerprint density at radius 2 is 2.22 bits per heavy atom. The van der Waals surface area contributed by atoms with Crippen LogP contribution in [0.1, 0.15) is 39.4 Å². The van der Waals surface area contributed by atoms with Gasteiger partial charge in [-0.05, 0) is 11.8 Å². The van der Waals surface area contributed by atoms with Gasteiger partial charge in [0.2, 0.25) is 5.91 Å². The number of hydrogen-bond acceptors (Lipinski definition) is 3. The molecule has 1 amide bonds. The summed E-state index contributed by atoms with van der Waals surface area (Å²) in [7, 11) is 0. The zero-order chi connectivity index (χ0) is 13.6. The normalized spacial score (nSPS) is 11.6. The Hall–Kier alpha value is -1.36. The third kappa shape index (κ3) is 5.31. The van der Waals surface area contributed by atoms with Crippen molar-refractivity contribution in [3.8, 4) is 0 Å². The standard InChI is InChI=1S/C13H23N3O2/c1-13(2,3)5-4-12(18)16(8-9-17)10-11-14-6-7-15-11/h6-7,17H,4-5,8-10H2,1-3H3,(H,14,15). The van der Waals surface area contributed by atoms with Crippen molar-refractivity contribution in [1.82, 2.24) is 14.9 Å². The van der Waals surface area contributed by atoms with Gasteiger partial charge >= 0.3 is 0 Å². The molecule has 0 bridgehead atoms. The van der Waals surface area contributed by atoms with Crippen LogP contribution in [0, 0.1) is 5.41 Å². The van der Waals surface area contributed by atoms with Gasteiger partial charge in [0.25, 0.3) is 0 Å². The van der Waals surface area contributed by atoms with Crippen LogP contribution in [0.15, 0.2) is 12.4 Å². The SMILES string of the molecule is CC(C)(C)CCC(=O)N(CCO)Cc1ncc[nH]1. The Morgan fingerprint density at radius 1 is 1.50 bits per heavy atom. The summed E-state index contributed by atoms with van der Waals surface area (Å²) in [5.41, 5.74) is 0.144. The molecule has 5 heteroatoms. The van der Waals surface area contributed by atoms with Gasteiger partial charge in [0, 0.05) is 25.4 Å². The first kappa shape index (κ1) is 14.7. The predicted molar refractivity (Wildman–Crippen MR) is 69.8 cm³/mol. The number of aromatic amines is 1. The average molecular weight is 253 g/mol. The number of aliphatic hydroxyl groups excluding tert-OH is 1. The van der Waals surface area contributed by atoms with E-state index in [4.69, 9.17) is 5.11 Å². The molecule has 5 nitrogen and oxygen atoms in total. The molecule has 0 unspecified atom stereocenters. The smallest absolute Gasteiger partial charge is 0.223 e. The quantitative estimate of drug-likeness (QED) is 0.808.